The molecule has 1 saturated heterocycles. The van der Waals surface area contributed by atoms with E-state index in [1.807, 2.05) is 37.3 Å². The molecule has 3 rings (SSSR count). The van der Waals surface area contributed by atoms with Crippen molar-refractivity contribution in [2.75, 3.05) is 30.8 Å². The van der Waals surface area contributed by atoms with Crippen LogP contribution >= 0.6 is 11.6 Å². The number of piperidine rings is 1. The second-order valence-electron chi connectivity index (χ2n) is 6.87. The van der Waals surface area contributed by atoms with Crippen molar-refractivity contribution in [1.29, 1.82) is 0 Å². The summed E-state index contributed by atoms with van der Waals surface area (Å²) < 4.78 is 5.32. The molecule has 7 heteroatoms. The summed E-state index contributed by atoms with van der Waals surface area (Å²) in [6.45, 7) is 2.87. The van der Waals surface area contributed by atoms with Gasteiger partial charge in [0.25, 0.3) is 0 Å². The van der Waals surface area contributed by atoms with E-state index in [1.165, 1.54) is 7.11 Å². The van der Waals surface area contributed by atoms with Gasteiger partial charge >= 0.3 is 6.03 Å². The smallest absolute Gasteiger partial charge is 0.321 e. The van der Waals surface area contributed by atoms with Crippen LogP contribution in [0.3, 0.4) is 0 Å². The molecular formula is C21H24ClN3O3. The maximum absolute atomic E-state index is 12.8. The zero-order valence-electron chi connectivity index (χ0n) is 16.0. The average molecular weight is 402 g/mol. The summed E-state index contributed by atoms with van der Waals surface area (Å²) in [7, 11) is 1.53. The summed E-state index contributed by atoms with van der Waals surface area (Å²) in [5, 5.41) is 6.38. The molecule has 0 aliphatic carbocycles. The minimum Gasteiger partial charge on any atom is -0.495 e. The normalized spacial score (nSPS) is 16.4. The number of amides is 3. The second-order valence-corrected chi connectivity index (χ2v) is 7.28. The van der Waals surface area contributed by atoms with E-state index < -0.39 is 0 Å². The van der Waals surface area contributed by atoms with Crippen LogP contribution < -0.4 is 15.4 Å². The topological polar surface area (TPSA) is 70.7 Å². The van der Waals surface area contributed by atoms with Gasteiger partial charge in [-0.15, -0.1) is 0 Å². The van der Waals surface area contributed by atoms with E-state index >= 15 is 0 Å². The number of para-hydroxylation sites is 1. The molecule has 0 spiro atoms. The lowest BCUT2D eigenvalue weighted by Crippen LogP contribution is -2.45. The first-order valence-electron chi connectivity index (χ1n) is 9.24. The Morgan fingerprint density at radius 1 is 1.18 bits per heavy atom. The van der Waals surface area contributed by atoms with Gasteiger partial charge in [0.15, 0.2) is 0 Å². The number of hydrogen-bond acceptors (Lipinski definition) is 3. The number of benzene rings is 2. The van der Waals surface area contributed by atoms with E-state index in [1.54, 1.807) is 17.0 Å². The summed E-state index contributed by atoms with van der Waals surface area (Å²) in [5.41, 5.74) is 2.17. The molecule has 1 atom stereocenters. The van der Waals surface area contributed by atoms with Crippen LogP contribution in [-0.4, -0.2) is 37.0 Å². The SMILES string of the molecule is COc1cc(Cl)c(C)cc1NC(=O)[C@H]1CCCN(C(=O)Nc2ccccc2)C1. The van der Waals surface area contributed by atoms with E-state index in [2.05, 4.69) is 10.6 Å². The van der Waals surface area contributed by atoms with Crippen molar-refractivity contribution in [1.82, 2.24) is 4.90 Å². The summed E-state index contributed by atoms with van der Waals surface area (Å²) in [4.78, 5) is 27.0. The quantitative estimate of drug-likeness (QED) is 0.790. The molecular weight excluding hydrogens is 378 g/mol. The maximum Gasteiger partial charge on any atom is 0.321 e. The fourth-order valence-corrected chi connectivity index (χ4v) is 3.42. The molecule has 148 valence electrons. The van der Waals surface area contributed by atoms with Crippen molar-refractivity contribution in [3.8, 4) is 5.75 Å². The summed E-state index contributed by atoms with van der Waals surface area (Å²) in [6.07, 6.45) is 1.51. The minimum atomic E-state index is -0.282. The molecule has 2 N–H and O–H groups in total. The molecule has 1 fully saturated rings. The Labute approximate surface area is 169 Å². The molecule has 1 aliphatic heterocycles. The highest BCUT2D eigenvalue weighted by molar-refractivity contribution is 6.31. The van der Waals surface area contributed by atoms with E-state index in [4.69, 9.17) is 16.3 Å². The third-order valence-electron chi connectivity index (χ3n) is 4.84. The van der Waals surface area contributed by atoms with Gasteiger partial charge in [-0.05, 0) is 43.5 Å². The van der Waals surface area contributed by atoms with Crippen LogP contribution in [0.4, 0.5) is 16.2 Å². The fraction of sp³-hybridized carbons (Fsp3) is 0.333. The first kappa shape index (κ1) is 20.0. The number of carbonyl (C=O) groups excluding carboxylic acids is 2. The van der Waals surface area contributed by atoms with Crippen LogP contribution in [0.2, 0.25) is 5.02 Å². The van der Waals surface area contributed by atoms with Gasteiger partial charge in [-0.25, -0.2) is 4.79 Å². The van der Waals surface area contributed by atoms with Crippen LogP contribution in [0.1, 0.15) is 18.4 Å². The predicted molar refractivity (Wildman–Crippen MR) is 111 cm³/mol. The zero-order valence-corrected chi connectivity index (χ0v) is 16.8. The van der Waals surface area contributed by atoms with Crippen molar-refractivity contribution >= 4 is 34.9 Å². The first-order valence-corrected chi connectivity index (χ1v) is 9.61. The molecule has 6 nitrogen and oxygen atoms in total. The highest BCUT2D eigenvalue weighted by Crippen LogP contribution is 2.31. The summed E-state index contributed by atoms with van der Waals surface area (Å²) in [6, 6.07) is 12.6. The van der Waals surface area contributed by atoms with Crippen LogP contribution in [0.15, 0.2) is 42.5 Å². The molecule has 0 saturated carbocycles. The van der Waals surface area contributed by atoms with Crippen molar-refractivity contribution < 1.29 is 14.3 Å². The highest BCUT2D eigenvalue weighted by atomic mass is 35.5. The molecule has 1 aliphatic rings. The summed E-state index contributed by atoms with van der Waals surface area (Å²) >= 11 is 6.13. The molecule has 1 heterocycles. The van der Waals surface area contributed by atoms with Gasteiger partial charge in [0.05, 0.1) is 18.7 Å². The fourth-order valence-electron chi connectivity index (χ4n) is 3.26. The Kier molecular flexibility index (Phi) is 6.41. The molecule has 3 amide bonds. The molecule has 0 aromatic heterocycles. The van der Waals surface area contributed by atoms with Gasteiger partial charge < -0.3 is 20.3 Å². The number of likely N-dealkylation sites (tertiary alicyclic amines) is 1. The molecule has 0 unspecified atom stereocenters. The largest absolute Gasteiger partial charge is 0.495 e. The number of carbonyl (C=O) groups is 2. The van der Waals surface area contributed by atoms with Gasteiger partial charge in [0.2, 0.25) is 5.91 Å². The minimum absolute atomic E-state index is 0.128. The van der Waals surface area contributed by atoms with E-state index in [9.17, 15) is 9.59 Å². The highest BCUT2D eigenvalue weighted by Gasteiger charge is 2.29. The van der Waals surface area contributed by atoms with Crippen LogP contribution in [0, 0.1) is 12.8 Å². The lowest BCUT2D eigenvalue weighted by molar-refractivity contribution is -0.121. The lowest BCUT2D eigenvalue weighted by Gasteiger charge is -2.32. The van der Waals surface area contributed by atoms with Crippen LogP contribution in [0.25, 0.3) is 0 Å². The Hall–Kier alpha value is -2.73. The third-order valence-corrected chi connectivity index (χ3v) is 5.25. The van der Waals surface area contributed by atoms with E-state index in [0.717, 1.165) is 24.1 Å². The summed E-state index contributed by atoms with van der Waals surface area (Å²) in [5.74, 6) is 0.103. The number of rotatable bonds is 4. The number of hydrogen-bond donors (Lipinski definition) is 2. The maximum atomic E-state index is 12.8. The van der Waals surface area contributed by atoms with Crippen molar-refractivity contribution in [3.63, 3.8) is 0 Å². The molecule has 0 bridgehead atoms. The number of nitrogens with one attached hydrogen (secondary N) is 2. The van der Waals surface area contributed by atoms with Crippen molar-refractivity contribution in [2.45, 2.75) is 19.8 Å². The number of methoxy groups -OCH3 is 1. The standard InChI is InChI=1S/C21H24ClN3O3/c1-14-11-18(19(28-2)12-17(14)22)24-20(26)15-7-6-10-25(13-15)21(27)23-16-8-4-3-5-9-16/h3-5,8-9,11-12,15H,6-7,10,13H2,1-2H3,(H,23,27)(H,24,26)/t15-/m0/s1. The number of anilines is 2. The number of aryl methyl sites for hydroxylation is 1. The molecule has 28 heavy (non-hydrogen) atoms. The Morgan fingerprint density at radius 2 is 1.93 bits per heavy atom. The molecule has 2 aromatic rings. The Morgan fingerprint density at radius 3 is 2.64 bits per heavy atom. The Bertz CT molecular complexity index is 857. The van der Waals surface area contributed by atoms with Gasteiger partial charge in [-0.1, -0.05) is 29.8 Å². The number of nitrogens with zero attached hydrogens (tertiary/aromatic N) is 1. The number of urea groups is 1. The Balaban J connectivity index is 1.65. The van der Waals surface area contributed by atoms with Gasteiger partial charge in [0.1, 0.15) is 5.75 Å². The van der Waals surface area contributed by atoms with Crippen LogP contribution in [0.5, 0.6) is 5.75 Å². The van der Waals surface area contributed by atoms with E-state index in [-0.39, 0.29) is 17.9 Å². The van der Waals surface area contributed by atoms with Gasteiger partial charge in [0, 0.05) is 29.9 Å². The lowest BCUT2D eigenvalue weighted by atomic mass is 9.97. The first-order chi connectivity index (χ1) is 13.5. The number of halogens is 1. The molecule has 0 radical (unpaired) electrons. The predicted octanol–water partition coefficient (Wildman–Crippen LogP) is 4.54. The average Bonchev–Trinajstić information content (AvgIpc) is 2.71. The monoisotopic (exact) mass is 401 g/mol. The van der Waals surface area contributed by atoms with Gasteiger partial charge in [-0.2, -0.15) is 0 Å². The van der Waals surface area contributed by atoms with Gasteiger partial charge in [-0.3, -0.25) is 4.79 Å². The van der Waals surface area contributed by atoms with Crippen LogP contribution in [-0.2, 0) is 4.79 Å². The number of ether oxygens (including phenoxy) is 1. The van der Waals surface area contributed by atoms with Crippen molar-refractivity contribution in [2.24, 2.45) is 5.92 Å². The van der Waals surface area contributed by atoms with E-state index in [0.29, 0.717) is 29.5 Å². The molecule has 2 aromatic carbocycles. The van der Waals surface area contributed by atoms with Crippen molar-refractivity contribution in [3.05, 3.63) is 53.1 Å². The zero-order chi connectivity index (χ0) is 20.1. The third kappa shape index (κ3) is 4.75. The second kappa shape index (κ2) is 8.97.